The molecule has 27 heavy (non-hydrogen) atoms. The first-order valence-electron chi connectivity index (χ1n) is 8.01. The molecule has 0 spiro atoms. The summed E-state index contributed by atoms with van der Waals surface area (Å²) < 4.78 is 1.37. The summed E-state index contributed by atoms with van der Waals surface area (Å²) >= 11 is 0. The van der Waals surface area contributed by atoms with Gasteiger partial charge in [0, 0.05) is 17.6 Å². The molecule has 0 aliphatic carbocycles. The first-order valence-corrected chi connectivity index (χ1v) is 8.01. The largest absolute Gasteiger partial charge is 0.478 e. The van der Waals surface area contributed by atoms with Crippen molar-refractivity contribution in [3.8, 4) is 5.69 Å². The molecule has 0 atom stereocenters. The Morgan fingerprint density at radius 1 is 1.11 bits per heavy atom. The average Bonchev–Trinajstić information content (AvgIpc) is 2.95. The molecule has 8 nitrogen and oxygen atoms in total. The second-order valence-electron chi connectivity index (χ2n) is 5.70. The monoisotopic (exact) mass is 364 g/mol. The summed E-state index contributed by atoms with van der Waals surface area (Å²) in [5.41, 5.74) is 1.71. The number of hydrogen-bond donors (Lipinski definition) is 3. The average molecular weight is 364 g/mol. The fourth-order valence-corrected chi connectivity index (χ4v) is 2.45. The number of nitrogens with one attached hydrogen (secondary N) is 2. The number of urea groups is 1. The quantitative estimate of drug-likeness (QED) is 0.617. The first-order chi connectivity index (χ1) is 13.0. The zero-order valence-electron chi connectivity index (χ0n) is 14.3. The molecule has 0 aliphatic rings. The van der Waals surface area contributed by atoms with Crippen LogP contribution in [0.2, 0.25) is 0 Å². The zero-order chi connectivity index (χ0) is 19.4. The number of rotatable bonds is 4. The lowest BCUT2D eigenvalue weighted by molar-refractivity contribution is 0.0697. The molecule has 0 bridgehead atoms. The molecule has 1 heterocycles. The van der Waals surface area contributed by atoms with Gasteiger partial charge in [-0.2, -0.15) is 0 Å². The highest BCUT2D eigenvalue weighted by atomic mass is 16.4. The normalized spacial score (nSPS) is 10.9. The SMILES string of the molecule is Cc1[nH]n(-c2ccccc2)c(=O)c1/C=N/C(=O)Nc1ccc(C(=O)O)cc1. The van der Waals surface area contributed by atoms with Crippen molar-refractivity contribution in [2.24, 2.45) is 4.99 Å². The van der Waals surface area contributed by atoms with E-state index < -0.39 is 12.0 Å². The molecule has 0 fully saturated rings. The van der Waals surface area contributed by atoms with Crippen molar-refractivity contribution in [3.63, 3.8) is 0 Å². The van der Waals surface area contributed by atoms with Gasteiger partial charge in [-0.25, -0.2) is 19.3 Å². The Hall–Kier alpha value is -3.94. The van der Waals surface area contributed by atoms with Gasteiger partial charge in [-0.15, -0.1) is 0 Å². The molecule has 0 radical (unpaired) electrons. The van der Waals surface area contributed by atoms with Crippen molar-refractivity contribution in [2.45, 2.75) is 6.92 Å². The van der Waals surface area contributed by atoms with Gasteiger partial charge >= 0.3 is 12.0 Å². The van der Waals surface area contributed by atoms with Crippen LogP contribution in [0, 0.1) is 6.92 Å². The van der Waals surface area contributed by atoms with Gasteiger partial charge < -0.3 is 10.4 Å². The number of aromatic amines is 1. The Morgan fingerprint density at radius 3 is 2.41 bits per heavy atom. The van der Waals surface area contributed by atoms with Gasteiger partial charge in [-0.1, -0.05) is 18.2 Å². The lowest BCUT2D eigenvalue weighted by Gasteiger charge is -2.01. The van der Waals surface area contributed by atoms with E-state index in [1.54, 1.807) is 19.1 Å². The van der Waals surface area contributed by atoms with E-state index in [9.17, 15) is 14.4 Å². The van der Waals surface area contributed by atoms with Crippen LogP contribution in [0.3, 0.4) is 0 Å². The maximum absolute atomic E-state index is 12.5. The van der Waals surface area contributed by atoms with E-state index in [2.05, 4.69) is 15.4 Å². The van der Waals surface area contributed by atoms with Gasteiger partial charge in [-0.3, -0.25) is 9.89 Å². The van der Waals surface area contributed by atoms with E-state index in [1.165, 1.54) is 35.2 Å². The molecule has 0 saturated carbocycles. The standard InChI is InChI=1S/C19H16N4O4/c1-12-16(17(24)23(22-12)15-5-3-2-4-6-15)11-20-19(27)21-14-9-7-13(8-10-14)18(25)26/h2-11,22H,1H3,(H,21,27)(H,25,26)/b20-11+. The number of H-pyrrole nitrogens is 1. The van der Waals surface area contributed by atoms with Gasteiger partial charge in [0.2, 0.25) is 0 Å². The van der Waals surface area contributed by atoms with E-state index in [-0.39, 0.29) is 16.7 Å². The van der Waals surface area contributed by atoms with Crippen molar-refractivity contribution >= 4 is 23.9 Å². The molecular formula is C19H16N4O4. The van der Waals surface area contributed by atoms with E-state index in [4.69, 9.17) is 5.11 Å². The molecule has 3 aromatic rings. The van der Waals surface area contributed by atoms with Crippen LogP contribution in [0.4, 0.5) is 10.5 Å². The first kappa shape index (κ1) is 17.9. The molecule has 0 aliphatic heterocycles. The summed E-state index contributed by atoms with van der Waals surface area (Å²) in [4.78, 5) is 39.0. The van der Waals surface area contributed by atoms with Crippen molar-refractivity contribution in [1.82, 2.24) is 9.78 Å². The lowest BCUT2D eigenvalue weighted by Crippen LogP contribution is -2.17. The predicted octanol–water partition coefficient (Wildman–Crippen LogP) is 2.82. The number of nitrogens with zero attached hydrogens (tertiary/aromatic N) is 2. The number of hydrogen-bond acceptors (Lipinski definition) is 3. The lowest BCUT2D eigenvalue weighted by atomic mass is 10.2. The maximum Gasteiger partial charge on any atom is 0.345 e. The molecule has 0 unspecified atom stereocenters. The summed E-state index contributed by atoms with van der Waals surface area (Å²) in [5, 5.41) is 14.3. The number of carbonyl (C=O) groups is 2. The highest BCUT2D eigenvalue weighted by Crippen LogP contribution is 2.10. The van der Waals surface area contributed by atoms with Crippen LogP contribution in [0.1, 0.15) is 21.6 Å². The minimum Gasteiger partial charge on any atom is -0.478 e. The summed E-state index contributed by atoms with van der Waals surface area (Å²) in [7, 11) is 0. The molecule has 8 heteroatoms. The minimum atomic E-state index is -1.05. The number of aliphatic imine (C=N–C) groups is 1. The van der Waals surface area contributed by atoms with Crippen molar-refractivity contribution in [3.05, 3.63) is 81.8 Å². The van der Waals surface area contributed by atoms with Gasteiger partial charge in [0.1, 0.15) is 0 Å². The number of aryl methyl sites for hydroxylation is 1. The molecule has 3 rings (SSSR count). The third kappa shape index (κ3) is 4.01. The molecule has 2 amide bonds. The number of para-hydroxylation sites is 1. The van der Waals surface area contributed by atoms with Crippen LogP contribution in [0.5, 0.6) is 0 Å². The van der Waals surface area contributed by atoms with Crippen molar-refractivity contribution in [2.75, 3.05) is 5.32 Å². The van der Waals surface area contributed by atoms with Gasteiger partial charge in [-0.05, 0) is 43.3 Å². The second-order valence-corrected chi connectivity index (χ2v) is 5.70. The van der Waals surface area contributed by atoms with Gasteiger partial charge in [0.25, 0.3) is 5.56 Å². The van der Waals surface area contributed by atoms with E-state index >= 15 is 0 Å². The summed E-state index contributed by atoms with van der Waals surface area (Å²) in [6.45, 7) is 1.71. The minimum absolute atomic E-state index is 0.112. The van der Waals surface area contributed by atoms with Crippen LogP contribution in [-0.4, -0.2) is 33.1 Å². The zero-order valence-corrected chi connectivity index (χ0v) is 14.3. The molecular weight excluding hydrogens is 348 g/mol. The molecule has 1 aromatic heterocycles. The Balaban J connectivity index is 1.76. The summed E-state index contributed by atoms with van der Waals surface area (Å²) in [6, 6.07) is 14.0. The van der Waals surface area contributed by atoms with Crippen LogP contribution < -0.4 is 10.9 Å². The van der Waals surface area contributed by atoms with Crippen LogP contribution in [-0.2, 0) is 0 Å². The maximum atomic E-state index is 12.5. The Labute approximate surface area is 153 Å². The number of carboxylic acids is 1. The van der Waals surface area contributed by atoms with Crippen LogP contribution >= 0.6 is 0 Å². The van der Waals surface area contributed by atoms with Gasteiger partial charge in [0.05, 0.1) is 16.8 Å². The second kappa shape index (κ2) is 7.52. The molecule has 2 aromatic carbocycles. The third-order valence-electron chi connectivity index (χ3n) is 3.83. The number of benzene rings is 2. The smallest absolute Gasteiger partial charge is 0.345 e. The summed E-state index contributed by atoms with van der Waals surface area (Å²) in [6.07, 6.45) is 1.20. The van der Waals surface area contributed by atoms with Crippen LogP contribution in [0.15, 0.2) is 64.4 Å². The highest BCUT2D eigenvalue weighted by molar-refractivity contribution is 5.98. The number of aromatic nitrogens is 2. The van der Waals surface area contributed by atoms with Crippen molar-refractivity contribution in [1.29, 1.82) is 0 Å². The Kier molecular flexibility index (Phi) is 4.98. The molecule has 136 valence electrons. The number of carbonyl (C=O) groups excluding carboxylic acids is 1. The number of amides is 2. The summed E-state index contributed by atoms with van der Waals surface area (Å²) in [5.74, 6) is -1.05. The highest BCUT2D eigenvalue weighted by Gasteiger charge is 2.11. The van der Waals surface area contributed by atoms with E-state index in [0.29, 0.717) is 17.1 Å². The Morgan fingerprint density at radius 2 is 1.78 bits per heavy atom. The van der Waals surface area contributed by atoms with Gasteiger partial charge in [0.15, 0.2) is 0 Å². The third-order valence-corrected chi connectivity index (χ3v) is 3.83. The topological polar surface area (TPSA) is 117 Å². The molecule has 3 N–H and O–H groups in total. The van der Waals surface area contributed by atoms with E-state index in [0.717, 1.165) is 0 Å². The number of carboxylic acid groups (broad SMARTS) is 1. The van der Waals surface area contributed by atoms with E-state index in [1.807, 2.05) is 18.2 Å². The molecule has 0 saturated heterocycles. The van der Waals surface area contributed by atoms with Crippen molar-refractivity contribution < 1.29 is 14.7 Å². The number of anilines is 1. The number of aromatic carboxylic acids is 1. The van der Waals surface area contributed by atoms with Crippen LogP contribution in [0.25, 0.3) is 5.69 Å². The fourth-order valence-electron chi connectivity index (χ4n) is 2.45. The Bertz CT molecular complexity index is 1060. The fraction of sp³-hybridized carbons (Fsp3) is 0.0526. The predicted molar refractivity (Wildman–Crippen MR) is 101 cm³/mol.